The van der Waals surface area contributed by atoms with Crippen LogP contribution in [0.5, 0.6) is 11.5 Å². The molecule has 1 saturated heterocycles. The Hall–Kier alpha value is -2.48. The van der Waals surface area contributed by atoms with E-state index in [4.69, 9.17) is 23.7 Å². The highest BCUT2D eigenvalue weighted by Gasteiger charge is 2.41. The molecule has 3 atom stereocenters. The maximum atomic E-state index is 12.5. The molecule has 8 heteroatoms. The van der Waals surface area contributed by atoms with Gasteiger partial charge < -0.3 is 23.7 Å². The Kier molecular flexibility index (Phi) is 9.05. The first kappa shape index (κ1) is 26.1. The summed E-state index contributed by atoms with van der Waals surface area (Å²) in [4.78, 5) is 26.6. The fourth-order valence-corrected chi connectivity index (χ4v) is 4.83. The van der Waals surface area contributed by atoms with Gasteiger partial charge in [0.2, 0.25) is 6.79 Å². The third kappa shape index (κ3) is 6.34. The van der Waals surface area contributed by atoms with E-state index in [1.165, 1.54) is 11.1 Å². The third-order valence-electron chi connectivity index (χ3n) is 6.78. The summed E-state index contributed by atoms with van der Waals surface area (Å²) >= 11 is 0. The van der Waals surface area contributed by atoms with Gasteiger partial charge in [0.05, 0.1) is 20.1 Å². The molecule has 0 spiro atoms. The largest absolute Gasteiger partial charge is 0.511 e. The maximum Gasteiger partial charge on any atom is 0.511 e. The fourth-order valence-electron chi connectivity index (χ4n) is 4.83. The van der Waals surface area contributed by atoms with Crippen molar-refractivity contribution in [2.24, 2.45) is 17.8 Å². The Labute approximate surface area is 202 Å². The summed E-state index contributed by atoms with van der Waals surface area (Å²) in [5.41, 5.74) is 2.43. The predicted octanol–water partition coefficient (Wildman–Crippen LogP) is 4.74. The summed E-state index contributed by atoms with van der Waals surface area (Å²) in [5, 5.41) is 0. The van der Waals surface area contributed by atoms with Gasteiger partial charge in [-0.3, -0.25) is 9.69 Å². The minimum absolute atomic E-state index is 0.121. The van der Waals surface area contributed by atoms with Crippen molar-refractivity contribution in [3.05, 3.63) is 23.3 Å². The smallest absolute Gasteiger partial charge is 0.493 e. The van der Waals surface area contributed by atoms with Crippen LogP contribution in [0.4, 0.5) is 4.79 Å². The summed E-state index contributed by atoms with van der Waals surface area (Å²) in [6.07, 6.45) is 2.57. The monoisotopic (exact) mass is 477 g/mol. The topological polar surface area (TPSA) is 83.5 Å². The molecule has 1 aromatic rings. The lowest BCUT2D eigenvalue weighted by Gasteiger charge is -2.46. The molecule has 0 unspecified atom stereocenters. The minimum atomic E-state index is -0.798. The number of piperidine rings is 1. The summed E-state index contributed by atoms with van der Waals surface area (Å²) in [6, 6.07) is 4.24. The van der Waals surface area contributed by atoms with Gasteiger partial charge in [-0.25, -0.2) is 4.79 Å². The molecular weight excluding hydrogens is 438 g/mol. The number of carbonyl (C=O) groups is 2. The Morgan fingerprint density at radius 1 is 1.06 bits per heavy atom. The number of rotatable bonds is 9. The zero-order valence-electron chi connectivity index (χ0n) is 21.3. The van der Waals surface area contributed by atoms with E-state index in [1.807, 2.05) is 0 Å². The summed E-state index contributed by atoms with van der Waals surface area (Å²) < 4.78 is 26.9. The van der Waals surface area contributed by atoms with E-state index in [2.05, 4.69) is 30.9 Å². The van der Waals surface area contributed by atoms with E-state index in [9.17, 15) is 9.59 Å². The number of carbonyl (C=O) groups excluding carboxylic acids is 2. The summed E-state index contributed by atoms with van der Waals surface area (Å²) in [5.74, 6) is 1.51. The van der Waals surface area contributed by atoms with E-state index in [1.54, 1.807) is 28.1 Å². The highest BCUT2D eigenvalue weighted by molar-refractivity contribution is 5.71. The van der Waals surface area contributed by atoms with Crippen molar-refractivity contribution in [2.75, 3.05) is 34.1 Å². The van der Waals surface area contributed by atoms with Crippen LogP contribution in [-0.2, 0) is 25.4 Å². The van der Waals surface area contributed by atoms with Gasteiger partial charge >= 0.3 is 12.1 Å². The van der Waals surface area contributed by atoms with Crippen LogP contribution in [0, 0.1) is 17.8 Å². The first-order chi connectivity index (χ1) is 16.2. The van der Waals surface area contributed by atoms with Gasteiger partial charge in [-0.2, -0.15) is 0 Å². The predicted molar refractivity (Wildman–Crippen MR) is 127 cm³/mol. The second kappa shape index (κ2) is 11.8. The molecule has 2 heterocycles. The molecular formula is C26H39NO7. The number of hydrogen-bond acceptors (Lipinski definition) is 8. The molecule has 8 nitrogen and oxygen atoms in total. The number of ether oxygens (including phenoxy) is 5. The summed E-state index contributed by atoms with van der Waals surface area (Å²) in [7, 11) is 3.29. The number of hydrogen-bond donors (Lipinski definition) is 0. The van der Waals surface area contributed by atoms with Gasteiger partial charge in [0, 0.05) is 31.5 Å². The van der Waals surface area contributed by atoms with E-state index in [-0.39, 0.29) is 24.0 Å². The SMILES string of the molecule is COc1cc2c(cc1OC)[C@H]1C[C@@H](OC(=O)OCOC(=O)C(C)C)[C@H](CCC(C)C)CN1CC2. The van der Waals surface area contributed by atoms with Crippen molar-refractivity contribution in [3.63, 3.8) is 0 Å². The number of fused-ring (bicyclic) bond motifs is 3. The van der Waals surface area contributed by atoms with Gasteiger partial charge in [-0.1, -0.05) is 34.1 Å². The molecule has 0 saturated carbocycles. The lowest BCUT2D eigenvalue weighted by Crippen LogP contribution is -2.49. The van der Waals surface area contributed by atoms with E-state index in [0.29, 0.717) is 18.1 Å². The van der Waals surface area contributed by atoms with Crippen LogP contribution >= 0.6 is 0 Å². The second-order valence-corrected chi connectivity index (χ2v) is 9.92. The van der Waals surface area contributed by atoms with Crippen LogP contribution in [0.2, 0.25) is 0 Å². The Balaban J connectivity index is 1.74. The van der Waals surface area contributed by atoms with Crippen LogP contribution in [0.25, 0.3) is 0 Å². The maximum absolute atomic E-state index is 12.5. The van der Waals surface area contributed by atoms with Gasteiger partial charge in [-0.05, 0) is 42.0 Å². The Morgan fingerprint density at radius 3 is 2.41 bits per heavy atom. The third-order valence-corrected chi connectivity index (χ3v) is 6.78. The number of esters is 1. The molecule has 0 N–H and O–H groups in total. The first-order valence-corrected chi connectivity index (χ1v) is 12.2. The molecule has 2 aliphatic heterocycles. The Morgan fingerprint density at radius 2 is 1.76 bits per heavy atom. The van der Waals surface area contributed by atoms with Crippen molar-refractivity contribution >= 4 is 12.1 Å². The van der Waals surface area contributed by atoms with Gasteiger partial charge in [0.1, 0.15) is 6.10 Å². The van der Waals surface area contributed by atoms with Crippen LogP contribution in [0.1, 0.15) is 64.1 Å². The average molecular weight is 478 g/mol. The van der Waals surface area contributed by atoms with Crippen LogP contribution in [0.3, 0.4) is 0 Å². The van der Waals surface area contributed by atoms with Crippen LogP contribution < -0.4 is 9.47 Å². The highest BCUT2D eigenvalue weighted by atomic mass is 16.8. The highest BCUT2D eigenvalue weighted by Crippen LogP contribution is 2.44. The standard InChI is InChI=1S/C26H39NO7/c1-16(2)7-8-19-14-27-10-9-18-11-23(30-5)24(31-6)12-20(18)21(27)13-22(19)34-26(29)33-15-32-25(28)17(3)4/h11-12,16-17,19,21-22H,7-10,13-15H2,1-6H3/t19-,21-,22-/m1/s1. The van der Waals surface area contributed by atoms with Crippen molar-refractivity contribution in [1.82, 2.24) is 4.90 Å². The number of methoxy groups -OCH3 is 2. The summed E-state index contributed by atoms with van der Waals surface area (Å²) in [6.45, 7) is 9.22. The molecule has 1 fully saturated rings. The molecule has 0 amide bonds. The van der Waals surface area contributed by atoms with Gasteiger partial charge in [0.25, 0.3) is 0 Å². The minimum Gasteiger partial charge on any atom is -0.493 e. The zero-order valence-corrected chi connectivity index (χ0v) is 21.3. The normalized spacial score (nSPS) is 22.1. The molecule has 34 heavy (non-hydrogen) atoms. The molecule has 2 aliphatic rings. The molecule has 0 aromatic heterocycles. The lowest BCUT2D eigenvalue weighted by atomic mass is 9.79. The quantitative estimate of drug-likeness (QED) is 0.373. The zero-order chi connectivity index (χ0) is 24.8. The van der Waals surface area contributed by atoms with Crippen molar-refractivity contribution in [2.45, 2.75) is 65.5 Å². The fraction of sp³-hybridized carbons (Fsp3) is 0.692. The van der Waals surface area contributed by atoms with Crippen molar-refractivity contribution in [3.8, 4) is 11.5 Å². The molecule has 3 rings (SSSR count). The van der Waals surface area contributed by atoms with Crippen molar-refractivity contribution < 1.29 is 33.3 Å². The molecule has 1 aromatic carbocycles. The van der Waals surface area contributed by atoms with Crippen LogP contribution in [0.15, 0.2) is 12.1 Å². The van der Waals surface area contributed by atoms with Gasteiger partial charge in [-0.15, -0.1) is 0 Å². The number of benzene rings is 1. The molecule has 0 radical (unpaired) electrons. The first-order valence-electron chi connectivity index (χ1n) is 12.2. The van der Waals surface area contributed by atoms with Gasteiger partial charge in [0.15, 0.2) is 11.5 Å². The van der Waals surface area contributed by atoms with E-state index < -0.39 is 18.9 Å². The Bertz CT molecular complexity index is 854. The average Bonchev–Trinajstić information content (AvgIpc) is 2.81. The van der Waals surface area contributed by atoms with E-state index >= 15 is 0 Å². The number of nitrogens with zero attached hydrogens (tertiary/aromatic N) is 1. The van der Waals surface area contributed by atoms with E-state index in [0.717, 1.165) is 38.1 Å². The lowest BCUT2D eigenvalue weighted by molar-refractivity contribution is -0.158. The second-order valence-electron chi connectivity index (χ2n) is 9.92. The molecule has 0 aliphatic carbocycles. The van der Waals surface area contributed by atoms with Crippen molar-refractivity contribution in [1.29, 1.82) is 0 Å². The van der Waals surface area contributed by atoms with Crippen LogP contribution in [-0.4, -0.2) is 57.2 Å². The molecule has 0 bridgehead atoms. The molecule has 190 valence electrons.